The number of rotatable bonds is 0. The molecule has 0 aliphatic carbocycles. The van der Waals surface area contributed by atoms with Crippen LogP contribution < -0.4 is 21.1 Å². The van der Waals surface area contributed by atoms with Gasteiger partial charge in [-0.05, 0) is 0 Å². The number of hydrogen-bond donors (Lipinski definition) is 0. The van der Waals surface area contributed by atoms with Gasteiger partial charge in [-0.1, -0.05) is 11.5 Å². The second-order valence-electron chi connectivity index (χ2n) is 1.32. The van der Waals surface area contributed by atoms with E-state index in [1.807, 2.05) is 0 Å². The molecule has 4 nitrogen and oxygen atoms in total. The maximum Gasteiger partial charge on any atom is 2.00 e. The molecule has 0 aliphatic heterocycles. The van der Waals surface area contributed by atoms with E-state index in [0.29, 0.717) is 0 Å². The van der Waals surface area contributed by atoms with Crippen molar-refractivity contribution in [2.45, 2.75) is 0 Å². The third-order valence-corrected chi connectivity index (χ3v) is 0.825. The maximum absolute atomic E-state index is 9.85. The summed E-state index contributed by atoms with van der Waals surface area (Å²) in [6, 6.07) is 0. The zero-order valence-corrected chi connectivity index (χ0v) is 4.94. The van der Waals surface area contributed by atoms with E-state index in [1.165, 1.54) is 0 Å². The van der Waals surface area contributed by atoms with E-state index in [9.17, 15) is 19.8 Å². The molecule has 0 N–H and O–H groups in total. The van der Waals surface area contributed by atoms with E-state index in [4.69, 9.17) is 0 Å². The Balaban J connectivity index is 0.000000640. The summed E-state index contributed by atoms with van der Waals surface area (Å²) in [5.41, 5.74) is -2.37. The van der Waals surface area contributed by atoms with Crippen LogP contribution in [0.4, 0.5) is 0 Å². The van der Waals surface area contributed by atoms with Crippen LogP contribution in [0, 0.1) is 0 Å². The molecule has 0 radical (unpaired) electrons. The summed E-state index contributed by atoms with van der Waals surface area (Å²) in [5.74, 6) is -2.37. The van der Waals surface area contributed by atoms with Crippen molar-refractivity contribution in [1.29, 1.82) is 0 Å². The van der Waals surface area contributed by atoms with Gasteiger partial charge >= 0.3 is 16.5 Å². The quantitative estimate of drug-likeness (QED) is 0.317. The topological polar surface area (TPSA) is 80.3 Å². The Morgan fingerprint density at radius 1 is 0.889 bits per heavy atom. The van der Waals surface area contributed by atoms with E-state index < -0.39 is 22.4 Å². The molecule has 0 atom stereocenters. The predicted molar refractivity (Wildman–Crippen MR) is 20.2 cm³/mol. The first kappa shape index (κ1) is 8.17. The van der Waals surface area contributed by atoms with Crippen molar-refractivity contribution in [3.05, 3.63) is 20.4 Å². The maximum atomic E-state index is 9.85. The minimum absolute atomic E-state index is 0. The molecule has 0 fully saturated rings. The molecular formula is C4NiO4. The van der Waals surface area contributed by atoms with Gasteiger partial charge in [0.25, 0.3) is 0 Å². The molecule has 0 saturated heterocycles. The van der Waals surface area contributed by atoms with Crippen LogP contribution in [-0.2, 0) is 16.5 Å². The van der Waals surface area contributed by atoms with Gasteiger partial charge in [0.1, 0.15) is 0 Å². The van der Waals surface area contributed by atoms with Crippen LogP contribution in [-0.4, -0.2) is 0 Å². The van der Waals surface area contributed by atoms with E-state index in [1.54, 1.807) is 0 Å². The van der Waals surface area contributed by atoms with Crippen molar-refractivity contribution >= 4 is 0 Å². The largest absolute Gasteiger partial charge is 2.00 e. The monoisotopic (exact) mass is 170 g/mol. The molecule has 0 heterocycles. The fourth-order valence-corrected chi connectivity index (χ4v) is 0.350. The minimum atomic E-state index is -1.19. The van der Waals surface area contributed by atoms with Gasteiger partial charge in [0.15, 0.2) is 0 Å². The van der Waals surface area contributed by atoms with E-state index in [-0.39, 0.29) is 16.5 Å². The molecule has 0 amide bonds. The van der Waals surface area contributed by atoms with Crippen LogP contribution in [0.15, 0.2) is 9.59 Å². The normalized spacial score (nSPS) is 8.89. The summed E-state index contributed by atoms with van der Waals surface area (Å²) in [7, 11) is 0. The van der Waals surface area contributed by atoms with Gasteiger partial charge in [-0.3, -0.25) is 9.59 Å². The molecule has 0 aliphatic rings. The Morgan fingerprint density at radius 2 is 1.11 bits per heavy atom. The van der Waals surface area contributed by atoms with Crippen molar-refractivity contribution in [3.63, 3.8) is 0 Å². The van der Waals surface area contributed by atoms with E-state index in [0.717, 1.165) is 0 Å². The standard InChI is InChI=1S/C4H2O4.Ni/c5-1-2(6)4(8)3(1)7;/h5-6H;/q;+2/p-2. The first-order valence-electron chi connectivity index (χ1n) is 1.82. The summed E-state index contributed by atoms with van der Waals surface area (Å²) in [6.07, 6.45) is 0. The van der Waals surface area contributed by atoms with Crippen molar-refractivity contribution in [1.82, 2.24) is 0 Å². The fraction of sp³-hybridized carbons (Fsp3) is 0. The first-order valence-corrected chi connectivity index (χ1v) is 1.82. The molecule has 9 heavy (non-hydrogen) atoms. The summed E-state index contributed by atoms with van der Waals surface area (Å²) in [5, 5.41) is 19.7. The van der Waals surface area contributed by atoms with Crippen LogP contribution in [0.25, 0.3) is 0 Å². The number of hydrogen-bond acceptors (Lipinski definition) is 4. The molecule has 0 spiro atoms. The smallest absolute Gasteiger partial charge is 0.870 e. The molecule has 50 valence electrons. The third-order valence-electron chi connectivity index (χ3n) is 0.825. The van der Waals surface area contributed by atoms with Gasteiger partial charge < -0.3 is 10.2 Å². The Hall–Kier alpha value is -0.826. The molecule has 0 unspecified atom stereocenters. The fourth-order valence-electron chi connectivity index (χ4n) is 0.350. The Morgan fingerprint density at radius 3 is 1.22 bits per heavy atom. The van der Waals surface area contributed by atoms with Crippen LogP contribution >= 0.6 is 0 Å². The second-order valence-corrected chi connectivity index (χ2v) is 1.32. The molecule has 5 heteroatoms. The van der Waals surface area contributed by atoms with Gasteiger partial charge in [0.2, 0.25) is 10.9 Å². The first-order chi connectivity index (χ1) is 3.64. The van der Waals surface area contributed by atoms with Gasteiger partial charge in [-0.2, -0.15) is 0 Å². The molecular weight excluding hydrogens is 171 g/mol. The van der Waals surface area contributed by atoms with Gasteiger partial charge in [-0.15, -0.1) is 0 Å². The summed E-state index contributed by atoms with van der Waals surface area (Å²) in [6.45, 7) is 0. The molecule has 1 rings (SSSR count). The van der Waals surface area contributed by atoms with Crippen molar-refractivity contribution < 1.29 is 26.7 Å². The molecule has 0 saturated carbocycles. The Bertz CT molecular complexity index is 253. The zero-order chi connectivity index (χ0) is 6.31. The Labute approximate surface area is 59.4 Å². The van der Waals surface area contributed by atoms with E-state index in [2.05, 4.69) is 0 Å². The van der Waals surface area contributed by atoms with Gasteiger partial charge in [0.05, 0.1) is 0 Å². The third kappa shape index (κ3) is 0.834. The zero-order valence-electron chi connectivity index (χ0n) is 3.95. The minimum Gasteiger partial charge on any atom is -0.870 e. The van der Waals surface area contributed by atoms with Crippen LogP contribution in [0.3, 0.4) is 0 Å². The van der Waals surface area contributed by atoms with Crippen molar-refractivity contribution in [2.75, 3.05) is 0 Å². The van der Waals surface area contributed by atoms with Crippen molar-refractivity contribution in [3.8, 4) is 11.5 Å². The summed E-state index contributed by atoms with van der Waals surface area (Å²) >= 11 is 0. The van der Waals surface area contributed by atoms with Crippen LogP contribution in [0.2, 0.25) is 0 Å². The van der Waals surface area contributed by atoms with Crippen LogP contribution in [0.5, 0.6) is 11.5 Å². The second kappa shape index (κ2) is 2.19. The molecule has 0 aromatic heterocycles. The summed E-state index contributed by atoms with van der Waals surface area (Å²) < 4.78 is 0. The SMILES string of the molecule is O=c1c([O-])c([O-])c1=O.[Ni+2]. The van der Waals surface area contributed by atoms with Crippen molar-refractivity contribution in [2.24, 2.45) is 0 Å². The Kier molecular flexibility index (Phi) is 1.99. The predicted octanol–water partition coefficient (Wildman–Crippen LogP) is -2.57. The molecule has 1 aromatic rings. The van der Waals surface area contributed by atoms with Gasteiger partial charge in [-0.25, -0.2) is 0 Å². The molecule has 0 bridgehead atoms. The average Bonchev–Trinajstić information content (AvgIpc) is 1.83. The summed E-state index contributed by atoms with van der Waals surface area (Å²) in [4.78, 5) is 19.7. The molecule has 1 aromatic carbocycles. The average molecular weight is 171 g/mol. The van der Waals surface area contributed by atoms with Gasteiger partial charge in [0, 0.05) is 0 Å². The van der Waals surface area contributed by atoms with E-state index >= 15 is 0 Å². The van der Waals surface area contributed by atoms with Crippen LogP contribution in [0.1, 0.15) is 0 Å².